The van der Waals surface area contributed by atoms with Crippen molar-refractivity contribution in [2.75, 3.05) is 18.4 Å². The largest absolute Gasteiger partial charge is 0.384 e. The third kappa shape index (κ3) is 3.32. The fourth-order valence-corrected chi connectivity index (χ4v) is 1.28. The van der Waals surface area contributed by atoms with E-state index in [0.29, 0.717) is 12.5 Å². The molecule has 0 fully saturated rings. The summed E-state index contributed by atoms with van der Waals surface area (Å²) in [5.74, 6) is 0.486. The molecule has 1 rings (SSSR count). The van der Waals surface area contributed by atoms with E-state index < -0.39 is 0 Å². The second kappa shape index (κ2) is 5.19. The van der Waals surface area contributed by atoms with E-state index in [9.17, 15) is 0 Å². The topological polar surface area (TPSA) is 50.9 Å². The van der Waals surface area contributed by atoms with Gasteiger partial charge in [0.05, 0.1) is 10.2 Å². The SMILES string of the molecule is CC(CN)CNc1ccncc1Br. The lowest BCUT2D eigenvalue weighted by molar-refractivity contribution is 0.628. The molecule has 4 heteroatoms. The molecule has 1 atom stereocenters. The number of anilines is 1. The van der Waals surface area contributed by atoms with Crippen molar-refractivity contribution < 1.29 is 0 Å². The van der Waals surface area contributed by atoms with Gasteiger partial charge in [-0.05, 0) is 34.5 Å². The molecule has 0 aliphatic heterocycles. The van der Waals surface area contributed by atoms with Gasteiger partial charge in [0.25, 0.3) is 0 Å². The van der Waals surface area contributed by atoms with Crippen LogP contribution in [0.25, 0.3) is 0 Å². The Balaban J connectivity index is 2.50. The summed E-state index contributed by atoms with van der Waals surface area (Å²) in [6.07, 6.45) is 3.54. The summed E-state index contributed by atoms with van der Waals surface area (Å²) in [6, 6.07) is 1.94. The molecule has 0 spiro atoms. The molecule has 72 valence electrons. The number of rotatable bonds is 4. The first-order valence-corrected chi connectivity index (χ1v) is 5.06. The molecule has 0 amide bonds. The highest BCUT2D eigenvalue weighted by molar-refractivity contribution is 9.10. The van der Waals surface area contributed by atoms with Gasteiger partial charge in [-0.2, -0.15) is 0 Å². The van der Waals surface area contributed by atoms with Crippen molar-refractivity contribution in [1.82, 2.24) is 4.98 Å². The first-order valence-electron chi connectivity index (χ1n) is 4.27. The minimum atomic E-state index is 0.486. The summed E-state index contributed by atoms with van der Waals surface area (Å²) in [4.78, 5) is 3.98. The van der Waals surface area contributed by atoms with Gasteiger partial charge < -0.3 is 11.1 Å². The van der Waals surface area contributed by atoms with E-state index in [-0.39, 0.29) is 0 Å². The number of pyridine rings is 1. The first kappa shape index (κ1) is 10.5. The van der Waals surface area contributed by atoms with Gasteiger partial charge in [0, 0.05) is 18.9 Å². The molecule has 3 nitrogen and oxygen atoms in total. The van der Waals surface area contributed by atoms with Crippen LogP contribution in [0.2, 0.25) is 0 Å². The van der Waals surface area contributed by atoms with Crippen molar-refractivity contribution in [2.24, 2.45) is 11.7 Å². The van der Waals surface area contributed by atoms with Crippen molar-refractivity contribution in [1.29, 1.82) is 0 Å². The van der Waals surface area contributed by atoms with Crippen LogP contribution in [0, 0.1) is 5.92 Å². The predicted molar refractivity (Wildman–Crippen MR) is 58.6 cm³/mol. The number of hydrogen-bond acceptors (Lipinski definition) is 3. The third-order valence-corrected chi connectivity index (χ3v) is 2.45. The van der Waals surface area contributed by atoms with Gasteiger partial charge >= 0.3 is 0 Å². The molecule has 1 aromatic rings. The van der Waals surface area contributed by atoms with E-state index in [4.69, 9.17) is 5.73 Å². The van der Waals surface area contributed by atoms with E-state index in [0.717, 1.165) is 16.7 Å². The third-order valence-electron chi connectivity index (χ3n) is 1.82. The standard InChI is InChI=1S/C9H14BrN3/c1-7(4-11)5-13-9-2-3-12-6-8(9)10/h2-3,6-7H,4-5,11H2,1H3,(H,12,13). The molecule has 3 N–H and O–H groups in total. The highest BCUT2D eigenvalue weighted by Crippen LogP contribution is 2.19. The monoisotopic (exact) mass is 243 g/mol. The van der Waals surface area contributed by atoms with Crippen LogP contribution in [0.1, 0.15) is 6.92 Å². The molecule has 0 aliphatic carbocycles. The van der Waals surface area contributed by atoms with Crippen molar-refractivity contribution in [3.8, 4) is 0 Å². The Morgan fingerprint density at radius 2 is 2.46 bits per heavy atom. The van der Waals surface area contributed by atoms with Crippen LogP contribution in [0.3, 0.4) is 0 Å². The summed E-state index contributed by atoms with van der Waals surface area (Å²) >= 11 is 3.41. The molecule has 0 aromatic carbocycles. The van der Waals surface area contributed by atoms with E-state index in [2.05, 4.69) is 33.2 Å². The van der Waals surface area contributed by atoms with Crippen molar-refractivity contribution >= 4 is 21.6 Å². The summed E-state index contributed by atoms with van der Waals surface area (Å²) in [5.41, 5.74) is 6.58. The van der Waals surface area contributed by atoms with Crippen LogP contribution in [0.4, 0.5) is 5.69 Å². The van der Waals surface area contributed by atoms with Crippen molar-refractivity contribution in [3.63, 3.8) is 0 Å². The van der Waals surface area contributed by atoms with Gasteiger partial charge in [-0.3, -0.25) is 4.98 Å². The molecule has 0 saturated heterocycles. The average molecular weight is 244 g/mol. The molecular weight excluding hydrogens is 230 g/mol. The van der Waals surface area contributed by atoms with Gasteiger partial charge in [-0.25, -0.2) is 0 Å². The predicted octanol–water partition coefficient (Wildman–Crippen LogP) is 1.85. The Morgan fingerprint density at radius 1 is 1.69 bits per heavy atom. The Labute approximate surface area is 86.9 Å². The molecule has 13 heavy (non-hydrogen) atoms. The maximum atomic E-state index is 5.51. The van der Waals surface area contributed by atoms with Crippen LogP contribution in [-0.2, 0) is 0 Å². The number of nitrogens with two attached hydrogens (primary N) is 1. The molecule has 0 saturated carbocycles. The molecule has 1 heterocycles. The van der Waals surface area contributed by atoms with Crippen LogP contribution >= 0.6 is 15.9 Å². The fourth-order valence-electron chi connectivity index (χ4n) is 0.886. The van der Waals surface area contributed by atoms with Crippen LogP contribution in [0.15, 0.2) is 22.9 Å². The van der Waals surface area contributed by atoms with Crippen LogP contribution in [0.5, 0.6) is 0 Å². The quantitative estimate of drug-likeness (QED) is 0.849. The number of nitrogens with one attached hydrogen (secondary N) is 1. The Kier molecular flexibility index (Phi) is 4.18. The average Bonchev–Trinajstić information content (AvgIpc) is 2.16. The minimum absolute atomic E-state index is 0.486. The van der Waals surface area contributed by atoms with E-state index in [1.165, 1.54) is 0 Å². The number of hydrogen-bond donors (Lipinski definition) is 2. The zero-order valence-electron chi connectivity index (χ0n) is 7.63. The van der Waals surface area contributed by atoms with Gasteiger partial charge in [-0.1, -0.05) is 6.92 Å². The lowest BCUT2D eigenvalue weighted by Gasteiger charge is -2.11. The van der Waals surface area contributed by atoms with Gasteiger partial charge in [0.2, 0.25) is 0 Å². The summed E-state index contributed by atoms with van der Waals surface area (Å²) < 4.78 is 0.985. The molecular formula is C9H14BrN3. The Hall–Kier alpha value is -0.610. The molecule has 0 aliphatic rings. The van der Waals surface area contributed by atoms with Crippen LogP contribution < -0.4 is 11.1 Å². The molecule has 0 radical (unpaired) electrons. The summed E-state index contributed by atoms with van der Waals surface area (Å²) in [6.45, 7) is 3.71. The lowest BCUT2D eigenvalue weighted by atomic mass is 10.2. The highest BCUT2D eigenvalue weighted by Gasteiger charge is 2.01. The molecule has 1 aromatic heterocycles. The van der Waals surface area contributed by atoms with E-state index in [1.54, 1.807) is 12.4 Å². The maximum absolute atomic E-state index is 5.51. The minimum Gasteiger partial charge on any atom is -0.384 e. The number of halogens is 1. The Bertz CT molecular complexity index is 265. The van der Waals surface area contributed by atoms with Crippen molar-refractivity contribution in [3.05, 3.63) is 22.9 Å². The number of aromatic nitrogens is 1. The van der Waals surface area contributed by atoms with Gasteiger partial charge in [-0.15, -0.1) is 0 Å². The van der Waals surface area contributed by atoms with Crippen molar-refractivity contribution in [2.45, 2.75) is 6.92 Å². The van der Waals surface area contributed by atoms with Crippen LogP contribution in [-0.4, -0.2) is 18.1 Å². The highest BCUT2D eigenvalue weighted by atomic mass is 79.9. The fraction of sp³-hybridized carbons (Fsp3) is 0.444. The maximum Gasteiger partial charge on any atom is 0.0590 e. The second-order valence-electron chi connectivity index (χ2n) is 3.08. The first-order chi connectivity index (χ1) is 6.24. The van der Waals surface area contributed by atoms with E-state index in [1.807, 2.05) is 6.07 Å². The number of nitrogens with zero attached hydrogens (tertiary/aromatic N) is 1. The smallest absolute Gasteiger partial charge is 0.0590 e. The lowest BCUT2D eigenvalue weighted by Crippen LogP contribution is -2.19. The zero-order valence-corrected chi connectivity index (χ0v) is 9.21. The normalized spacial score (nSPS) is 12.5. The van der Waals surface area contributed by atoms with Gasteiger partial charge in [0.15, 0.2) is 0 Å². The zero-order chi connectivity index (χ0) is 9.68. The summed E-state index contributed by atoms with van der Waals surface area (Å²) in [5, 5.41) is 3.30. The van der Waals surface area contributed by atoms with E-state index >= 15 is 0 Å². The summed E-state index contributed by atoms with van der Waals surface area (Å²) in [7, 11) is 0. The second-order valence-corrected chi connectivity index (χ2v) is 3.93. The van der Waals surface area contributed by atoms with Gasteiger partial charge in [0.1, 0.15) is 0 Å². The Morgan fingerprint density at radius 3 is 3.08 bits per heavy atom. The molecule has 1 unspecified atom stereocenters. The molecule has 0 bridgehead atoms.